The largest absolute Gasteiger partial charge is 0.494 e. The van der Waals surface area contributed by atoms with E-state index in [1.54, 1.807) is 58.5 Å². The van der Waals surface area contributed by atoms with E-state index in [1.165, 1.54) is 0 Å². The number of ether oxygens (including phenoxy) is 1. The van der Waals surface area contributed by atoms with Gasteiger partial charge in [0, 0.05) is 86.6 Å². The molecule has 0 aliphatic carbocycles. The zero-order valence-electron chi connectivity index (χ0n) is 28.0. The second-order valence-electron chi connectivity index (χ2n) is 12.5. The van der Waals surface area contributed by atoms with E-state index in [2.05, 4.69) is 56.3 Å². The number of allylic oxidation sites excluding steroid dienone is 1. The Labute approximate surface area is 294 Å². The molecule has 2 aromatic heterocycles. The van der Waals surface area contributed by atoms with Gasteiger partial charge in [-0.15, -0.1) is 0 Å². The lowest BCUT2D eigenvalue weighted by Gasteiger charge is -2.40. The van der Waals surface area contributed by atoms with Crippen molar-refractivity contribution in [2.45, 2.75) is 18.9 Å². The van der Waals surface area contributed by atoms with Crippen LogP contribution in [-0.2, 0) is 4.57 Å². The minimum Gasteiger partial charge on any atom is -0.494 e. The lowest BCUT2D eigenvalue weighted by molar-refractivity contribution is 0.194. The minimum atomic E-state index is -2.79. The number of nitrogens with two attached hydrogens (primary N) is 1. The van der Waals surface area contributed by atoms with Gasteiger partial charge >= 0.3 is 0 Å². The molecular weight excluding hydrogens is 710 g/mol. The van der Waals surface area contributed by atoms with Gasteiger partial charge < -0.3 is 30.6 Å². The smallest absolute Gasteiger partial charge is 0.229 e. The first-order valence-corrected chi connectivity index (χ1v) is 19.5. The number of benzene rings is 2. The van der Waals surface area contributed by atoms with Crippen LogP contribution in [0.4, 0.5) is 33.2 Å². The first kappa shape index (κ1) is 34.7. The Bertz CT molecular complexity index is 1950. The molecule has 2 aliphatic rings. The molecule has 12 nitrogen and oxygen atoms in total. The molecule has 2 fully saturated rings. The lowest BCUT2D eigenvalue weighted by Crippen LogP contribution is -2.49. The van der Waals surface area contributed by atoms with Crippen LogP contribution in [0.25, 0.3) is 16.6 Å². The molecule has 2 aliphatic heterocycles. The maximum atomic E-state index is 13.5. The van der Waals surface area contributed by atoms with Gasteiger partial charge in [-0.25, -0.2) is 9.37 Å². The van der Waals surface area contributed by atoms with Crippen LogP contribution in [-0.4, -0.2) is 97.4 Å². The normalized spacial score (nSPS) is 18.7. The number of aliphatic imine (C=N–C) groups is 1. The molecule has 15 heteroatoms. The Kier molecular flexibility index (Phi) is 10.5. The number of anilines is 5. The second kappa shape index (κ2) is 14.8. The van der Waals surface area contributed by atoms with Crippen molar-refractivity contribution in [1.82, 2.24) is 24.8 Å². The van der Waals surface area contributed by atoms with Gasteiger partial charge in [-0.05, 0) is 72.8 Å². The van der Waals surface area contributed by atoms with Gasteiger partial charge in [0.15, 0.2) is 0 Å². The van der Waals surface area contributed by atoms with Gasteiger partial charge in [0.1, 0.15) is 30.9 Å². The van der Waals surface area contributed by atoms with Gasteiger partial charge in [-0.1, -0.05) is 0 Å². The fraction of sp³-hybridized carbons (Fsp3) is 0.382. The zero-order chi connectivity index (χ0) is 34.7. The van der Waals surface area contributed by atoms with E-state index in [-0.39, 0.29) is 12.7 Å². The predicted octanol–water partition coefficient (Wildman–Crippen LogP) is 5.80. The SMILES string of the molecule is CN=CC(=CN)c1cc(Nc2ncc(Br)c(Nc3ccc4nccnc4c3P(C)(C)=O)n2)c(OC)cc1N1CCC2CCN(CCF)C2C1. The highest BCUT2D eigenvalue weighted by Gasteiger charge is 2.38. The Balaban J connectivity index is 1.36. The van der Waals surface area contributed by atoms with Gasteiger partial charge in [0.25, 0.3) is 0 Å². The van der Waals surface area contributed by atoms with Crippen LogP contribution in [0.1, 0.15) is 18.4 Å². The number of hydrogen-bond acceptors (Lipinski definition) is 12. The third kappa shape index (κ3) is 7.27. The molecule has 2 unspecified atom stereocenters. The van der Waals surface area contributed by atoms with E-state index in [9.17, 15) is 8.96 Å². The first-order chi connectivity index (χ1) is 23.6. The molecule has 4 aromatic rings. The highest BCUT2D eigenvalue weighted by Crippen LogP contribution is 2.43. The topological polar surface area (TPSA) is 147 Å². The number of aromatic nitrogens is 4. The van der Waals surface area contributed by atoms with Crippen LogP contribution >= 0.6 is 23.1 Å². The summed E-state index contributed by atoms with van der Waals surface area (Å²) in [5.74, 6) is 1.92. The van der Waals surface area contributed by atoms with Gasteiger partial charge in [-0.2, -0.15) is 4.98 Å². The Morgan fingerprint density at radius 2 is 1.96 bits per heavy atom. The summed E-state index contributed by atoms with van der Waals surface area (Å²) in [5.41, 5.74) is 11.2. The van der Waals surface area contributed by atoms with E-state index in [4.69, 9.17) is 15.5 Å². The van der Waals surface area contributed by atoms with Crippen LogP contribution in [0.15, 0.2) is 58.5 Å². The maximum Gasteiger partial charge on any atom is 0.229 e. The molecule has 0 radical (unpaired) electrons. The van der Waals surface area contributed by atoms with Crippen molar-refractivity contribution in [2.24, 2.45) is 16.6 Å². The summed E-state index contributed by atoms with van der Waals surface area (Å²) in [6.45, 7) is 6.11. The van der Waals surface area contributed by atoms with Crippen LogP contribution in [0.3, 0.4) is 0 Å². The molecule has 2 aromatic carbocycles. The van der Waals surface area contributed by atoms with E-state index < -0.39 is 7.14 Å². The van der Waals surface area contributed by atoms with Gasteiger partial charge in [0.05, 0.1) is 33.8 Å². The third-order valence-corrected chi connectivity index (χ3v) is 11.3. The standard InChI is InChI=1S/C34H41BrFN10O2P/c1-38-18-22(17-37)23-15-27(30(48-2)16-28(23)46-13-8-21-7-12-45(14-9-36)29(21)20-46)43-34-41-19-24(35)33(44-34)42-26-6-5-25-31(40-11-10-39-25)32(26)49(3,4)47/h5-6,10-11,15-19,21,29H,7-9,12-14,20,37H2,1-4H3,(H2,41,42,43,44). The van der Waals surface area contributed by atoms with Crippen molar-refractivity contribution >= 4 is 80.0 Å². The van der Waals surface area contributed by atoms with Crippen molar-refractivity contribution in [2.75, 3.05) is 75.9 Å². The molecule has 0 saturated carbocycles. The highest BCUT2D eigenvalue weighted by molar-refractivity contribution is 9.10. The van der Waals surface area contributed by atoms with Crippen molar-refractivity contribution in [3.63, 3.8) is 0 Å². The average molecular weight is 752 g/mol. The molecule has 0 bridgehead atoms. The summed E-state index contributed by atoms with van der Waals surface area (Å²) in [4.78, 5) is 27.1. The monoisotopic (exact) mass is 750 g/mol. The maximum absolute atomic E-state index is 13.5. The van der Waals surface area contributed by atoms with Crippen LogP contribution < -0.4 is 31.3 Å². The number of fused-ring (bicyclic) bond motifs is 2. The van der Waals surface area contributed by atoms with E-state index in [0.717, 1.165) is 49.3 Å². The number of nitrogens with one attached hydrogen (secondary N) is 2. The Morgan fingerprint density at radius 3 is 2.69 bits per heavy atom. The van der Waals surface area contributed by atoms with Crippen molar-refractivity contribution in [3.05, 3.63) is 59.1 Å². The number of nitrogens with zero attached hydrogens (tertiary/aromatic N) is 7. The number of likely N-dealkylation sites (tertiary alicyclic amines) is 1. The van der Waals surface area contributed by atoms with Crippen LogP contribution in [0, 0.1) is 5.92 Å². The summed E-state index contributed by atoms with van der Waals surface area (Å²) in [5, 5.41) is 7.27. The van der Waals surface area contributed by atoms with Crippen molar-refractivity contribution in [1.29, 1.82) is 0 Å². The fourth-order valence-electron chi connectivity index (χ4n) is 6.93. The Morgan fingerprint density at radius 1 is 1.16 bits per heavy atom. The molecule has 0 amide bonds. The molecule has 2 saturated heterocycles. The van der Waals surface area contributed by atoms with E-state index >= 15 is 0 Å². The molecule has 0 spiro atoms. The summed E-state index contributed by atoms with van der Waals surface area (Å²) in [7, 11) is 0.539. The quantitative estimate of drug-likeness (QED) is 0.126. The Hall–Kier alpha value is -4.13. The molecule has 6 rings (SSSR count). The minimum absolute atomic E-state index is 0.290. The number of methoxy groups -OCH3 is 1. The zero-order valence-corrected chi connectivity index (χ0v) is 30.5. The summed E-state index contributed by atoms with van der Waals surface area (Å²) in [6, 6.07) is 7.93. The highest BCUT2D eigenvalue weighted by atomic mass is 79.9. The number of alkyl halides is 1. The number of halogens is 2. The predicted molar refractivity (Wildman–Crippen MR) is 201 cm³/mol. The molecule has 2 atom stereocenters. The summed E-state index contributed by atoms with van der Waals surface area (Å²) < 4.78 is 33.4. The van der Waals surface area contributed by atoms with Crippen molar-refractivity contribution < 1.29 is 13.7 Å². The third-order valence-electron chi connectivity index (χ3n) is 9.16. The van der Waals surface area contributed by atoms with E-state index in [0.29, 0.717) is 62.2 Å². The summed E-state index contributed by atoms with van der Waals surface area (Å²) >= 11 is 3.57. The molecule has 49 heavy (non-hydrogen) atoms. The van der Waals surface area contributed by atoms with Gasteiger partial charge in [-0.3, -0.25) is 19.9 Å². The summed E-state index contributed by atoms with van der Waals surface area (Å²) in [6.07, 6.45) is 10.3. The molecule has 4 heterocycles. The first-order valence-electron chi connectivity index (χ1n) is 16.1. The molecule has 4 N–H and O–H groups in total. The van der Waals surface area contributed by atoms with E-state index in [1.807, 2.05) is 24.3 Å². The lowest BCUT2D eigenvalue weighted by atomic mass is 9.91. The number of rotatable bonds is 11. The molecular formula is C34H41BrFN10O2P. The average Bonchev–Trinajstić information content (AvgIpc) is 3.49. The van der Waals surface area contributed by atoms with Crippen LogP contribution in [0.5, 0.6) is 5.75 Å². The number of piperidine rings is 1. The molecule has 258 valence electrons. The van der Waals surface area contributed by atoms with Gasteiger partial charge in [0.2, 0.25) is 5.95 Å². The fourth-order valence-corrected chi connectivity index (χ4v) is 8.62. The van der Waals surface area contributed by atoms with Crippen LogP contribution in [0.2, 0.25) is 0 Å². The number of hydrogen-bond donors (Lipinski definition) is 3. The van der Waals surface area contributed by atoms with Crippen molar-refractivity contribution in [3.8, 4) is 5.75 Å². The second-order valence-corrected chi connectivity index (χ2v) is 16.5.